The Morgan fingerprint density at radius 1 is 1.12 bits per heavy atom. The summed E-state index contributed by atoms with van der Waals surface area (Å²) in [5.74, 6) is -1.19. The maximum absolute atomic E-state index is 14.0. The van der Waals surface area contributed by atoms with Crippen LogP contribution in [0.1, 0.15) is 25.7 Å². The van der Waals surface area contributed by atoms with Crippen LogP contribution in [0.25, 0.3) is 10.9 Å². The highest BCUT2D eigenvalue weighted by molar-refractivity contribution is 5.92. The fourth-order valence-electron chi connectivity index (χ4n) is 4.05. The predicted octanol–water partition coefficient (Wildman–Crippen LogP) is 3.59. The van der Waals surface area contributed by atoms with Gasteiger partial charge in [0.05, 0.1) is 12.7 Å². The quantitative estimate of drug-likeness (QED) is 0.814. The summed E-state index contributed by atoms with van der Waals surface area (Å²) in [7, 11) is 0. The minimum atomic E-state index is -0.615. The minimum Gasteiger partial charge on any atom is -0.375 e. The van der Waals surface area contributed by atoms with Crippen LogP contribution in [-0.4, -0.2) is 55.3 Å². The molecule has 2 aliphatic rings. The molecule has 0 radical (unpaired) electrons. The summed E-state index contributed by atoms with van der Waals surface area (Å²) in [6, 6.07) is 4.08. The highest BCUT2D eigenvalue weighted by atomic mass is 19.1. The molecular formula is C20H25F2N3O. The van der Waals surface area contributed by atoms with Crippen molar-refractivity contribution in [2.75, 3.05) is 44.2 Å². The van der Waals surface area contributed by atoms with Crippen molar-refractivity contribution in [2.45, 2.75) is 31.8 Å². The second kappa shape index (κ2) is 7.84. The van der Waals surface area contributed by atoms with Crippen LogP contribution in [0.4, 0.5) is 14.5 Å². The normalized spacial score (nSPS) is 21.6. The van der Waals surface area contributed by atoms with Gasteiger partial charge in [0.15, 0.2) is 5.82 Å². The molecule has 4 rings (SSSR count). The molecule has 0 aliphatic carbocycles. The van der Waals surface area contributed by atoms with Crippen LogP contribution >= 0.6 is 0 Å². The maximum atomic E-state index is 14.0. The Kier molecular flexibility index (Phi) is 5.31. The summed E-state index contributed by atoms with van der Waals surface area (Å²) in [6.07, 6.45) is 6.61. The van der Waals surface area contributed by atoms with Gasteiger partial charge in [0.1, 0.15) is 11.3 Å². The van der Waals surface area contributed by atoms with E-state index in [1.807, 2.05) is 6.07 Å². The van der Waals surface area contributed by atoms with Gasteiger partial charge in [0, 0.05) is 43.0 Å². The van der Waals surface area contributed by atoms with Crippen LogP contribution in [0, 0.1) is 11.6 Å². The number of hydrogen-bond donors (Lipinski definition) is 0. The van der Waals surface area contributed by atoms with Gasteiger partial charge in [0.25, 0.3) is 0 Å². The van der Waals surface area contributed by atoms with Crippen molar-refractivity contribution < 1.29 is 13.5 Å². The molecule has 1 atom stereocenters. The zero-order chi connectivity index (χ0) is 17.9. The summed E-state index contributed by atoms with van der Waals surface area (Å²) in [6.45, 7) is 5.67. The average Bonchev–Trinajstić information content (AvgIpc) is 3.11. The summed E-state index contributed by atoms with van der Waals surface area (Å²) in [5, 5.41) is 0.527. The zero-order valence-electron chi connectivity index (χ0n) is 15.0. The Balaban J connectivity index is 1.38. The lowest BCUT2D eigenvalue weighted by Crippen LogP contribution is -2.34. The number of anilines is 1. The topological polar surface area (TPSA) is 28.6 Å². The number of piperidine rings is 1. The van der Waals surface area contributed by atoms with Gasteiger partial charge < -0.3 is 14.5 Å². The van der Waals surface area contributed by atoms with E-state index in [2.05, 4.69) is 14.8 Å². The second-order valence-corrected chi connectivity index (χ2v) is 7.24. The number of rotatable bonds is 5. The van der Waals surface area contributed by atoms with Gasteiger partial charge in [-0.05, 0) is 44.5 Å². The molecule has 26 heavy (non-hydrogen) atoms. The van der Waals surface area contributed by atoms with Crippen LogP contribution in [0.5, 0.6) is 0 Å². The van der Waals surface area contributed by atoms with E-state index >= 15 is 0 Å². The average molecular weight is 361 g/mol. The number of likely N-dealkylation sites (tertiary alicyclic amines) is 1. The van der Waals surface area contributed by atoms with Crippen molar-refractivity contribution in [3.8, 4) is 0 Å². The maximum Gasteiger partial charge on any atom is 0.152 e. The third-order valence-electron chi connectivity index (χ3n) is 5.44. The first-order valence-electron chi connectivity index (χ1n) is 9.53. The number of nitrogens with zero attached hydrogens (tertiary/aromatic N) is 3. The third-order valence-corrected chi connectivity index (χ3v) is 5.44. The van der Waals surface area contributed by atoms with Crippen molar-refractivity contribution in [1.29, 1.82) is 0 Å². The molecule has 140 valence electrons. The first-order valence-corrected chi connectivity index (χ1v) is 9.53. The Morgan fingerprint density at radius 3 is 2.81 bits per heavy atom. The SMILES string of the molecule is Fc1cc(F)c2nccc(N3CCC(OCCN4CCCCC4)C3)c2c1. The van der Waals surface area contributed by atoms with Crippen molar-refractivity contribution in [3.05, 3.63) is 36.0 Å². The van der Waals surface area contributed by atoms with Gasteiger partial charge in [-0.1, -0.05) is 6.42 Å². The van der Waals surface area contributed by atoms with Crippen LogP contribution in [0.15, 0.2) is 24.4 Å². The highest BCUT2D eigenvalue weighted by Crippen LogP contribution is 2.30. The van der Waals surface area contributed by atoms with Gasteiger partial charge in [-0.3, -0.25) is 4.98 Å². The van der Waals surface area contributed by atoms with Crippen LogP contribution in [-0.2, 0) is 4.74 Å². The Bertz CT molecular complexity index is 764. The number of hydrogen-bond acceptors (Lipinski definition) is 4. The summed E-state index contributed by atoms with van der Waals surface area (Å²) < 4.78 is 33.7. The van der Waals surface area contributed by atoms with Crippen molar-refractivity contribution in [1.82, 2.24) is 9.88 Å². The van der Waals surface area contributed by atoms with Crippen LogP contribution < -0.4 is 4.90 Å². The highest BCUT2D eigenvalue weighted by Gasteiger charge is 2.25. The predicted molar refractivity (Wildman–Crippen MR) is 98.5 cm³/mol. The number of benzene rings is 1. The smallest absolute Gasteiger partial charge is 0.152 e. The molecule has 6 heteroatoms. The minimum absolute atomic E-state index is 0.168. The van der Waals surface area contributed by atoms with E-state index in [1.54, 1.807) is 6.20 Å². The molecule has 2 aromatic rings. The van der Waals surface area contributed by atoms with Crippen molar-refractivity contribution in [2.24, 2.45) is 0 Å². The number of aromatic nitrogens is 1. The second-order valence-electron chi connectivity index (χ2n) is 7.24. The molecule has 3 heterocycles. The van der Waals surface area contributed by atoms with E-state index in [4.69, 9.17) is 4.74 Å². The lowest BCUT2D eigenvalue weighted by molar-refractivity contribution is 0.0467. The molecule has 2 aliphatic heterocycles. The molecule has 2 saturated heterocycles. The molecule has 0 saturated carbocycles. The van der Waals surface area contributed by atoms with E-state index in [-0.39, 0.29) is 11.6 Å². The lowest BCUT2D eigenvalue weighted by Gasteiger charge is -2.26. The molecule has 1 unspecified atom stereocenters. The van der Waals surface area contributed by atoms with Crippen molar-refractivity contribution >= 4 is 16.6 Å². The van der Waals surface area contributed by atoms with Gasteiger partial charge in [-0.25, -0.2) is 8.78 Å². The molecule has 1 aromatic heterocycles. The van der Waals surface area contributed by atoms with Crippen molar-refractivity contribution in [3.63, 3.8) is 0 Å². The van der Waals surface area contributed by atoms with E-state index in [0.717, 1.165) is 44.4 Å². The standard InChI is InChI=1S/C20H25F2N3O/c21-15-12-17-19(4-6-23-20(17)18(22)13-15)25-9-5-16(14-25)26-11-10-24-7-2-1-3-8-24/h4,6,12-13,16H,1-3,5,7-11,14H2. The third kappa shape index (κ3) is 3.81. The van der Waals surface area contributed by atoms with Gasteiger partial charge in [-0.2, -0.15) is 0 Å². The fourth-order valence-corrected chi connectivity index (χ4v) is 4.05. The lowest BCUT2D eigenvalue weighted by atomic mass is 10.1. The Labute approximate surface area is 152 Å². The van der Waals surface area contributed by atoms with Crippen LogP contribution in [0.2, 0.25) is 0 Å². The Hall–Kier alpha value is -1.79. The molecule has 0 amide bonds. The molecular weight excluding hydrogens is 336 g/mol. The first kappa shape index (κ1) is 17.6. The Morgan fingerprint density at radius 2 is 1.96 bits per heavy atom. The van der Waals surface area contributed by atoms with E-state index in [1.165, 1.54) is 38.4 Å². The number of pyridine rings is 1. The van der Waals surface area contributed by atoms with Gasteiger partial charge in [0.2, 0.25) is 0 Å². The molecule has 0 N–H and O–H groups in total. The van der Waals surface area contributed by atoms with E-state index in [0.29, 0.717) is 5.39 Å². The van der Waals surface area contributed by atoms with E-state index in [9.17, 15) is 8.78 Å². The van der Waals surface area contributed by atoms with Gasteiger partial charge in [-0.15, -0.1) is 0 Å². The monoisotopic (exact) mass is 361 g/mol. The molecule has 0 spiro atoms. The summed E-state index contributed by atoms with van der Waals surface area (Å²) in [5.41, 5.74) is 1.05. The molecule has 2 fully saturated rings. The molecule has 0 bridgehead atoms. The summed E-state index contributed by atoms with van der Waals surface area (Å²) >= 11 is 0. The van der Waals surface area contributed by atoms with Gasteiger partial charge >= 0.3 is 0 Å². The number of ether oxygens (including phenoxy) is 1. The summed E-state index contributed by atoms with van der Waals surface area (Å²) in [4.78, 5) is 8.69. The molecule has 4 nitrogen and oxygen atoms in total. The zero-order valence-corrected chi connectivity index (χ0v) is 15.0. The largest absolute Gasteiger partial charge is 0.375 e. The van der Waals surface area contributed by atoms with E-state index < -0.39 is 11.6 Å². The fraction of sp³-hybridized carbons (Fsp3) is 0.550. The number of fused-ring (bicyclic) bond motifs is 1. The molecule has 1 aromatic carbocycles. The first-order chi connectivity index (χ1) is 12.7. The number of halogens is 2. The van der Waals surface area contributed by atoms with Crippen LogP contribution in [0.3, 0.4) is 0 Å².